The lowest BCUT2D eigenvalue weighted by molar-refractivity contribution is -0.142. The molecule has 172 valence electrons. The number of para-hydroxylation sites is 2. The topological polar surface area (TPSA) is 105 Å². The van der Waals surface area contributed by atoms with E-state index in [1.54, 1.807) is 7.05 Å². The van der Waals surface area contributed by atoms with Crippen LogP contribution in [0.2, 0.25) is 0 Å². The molecule has 5 aromatic rings. The molecule has 0 radical (unpaired) electrons. The molecule has 1 fully saturated rings. The Hall–Kier alpha value is -4.17. The molecule has 8 rings (SSSR count). The number of hydrogen-bond acceptors (Lipinski definition) is 4. The fourth-order valence-electron chi connectivity index (χ4n) is 7.14. The summed E-state index contributed by atoms with van der Waals surface area (Å²) < 4.78 is 4.25. The SMILES string of the molecule is CNC(=O)[C@@]1(O)C[C@@H]2C[C@H]1n1c3ccccc3c3c4c(c5c6ccccc6n2c5c31)C(=O)NC4=O. The van der Waals surface area contributed by atoms with Gasteiger partial charge in [-0.15, -0.1) is 0 Å². The van der Waals surface area contributed by atoms with Crippen LogP contribution in [0.4, 0.5) is 0 Å². The van der Waals surface area contributed by atoms with Gasteiger partial charge in [0, 0.05) is 52.1 Å². The largest absolute Gasteiger partial charge is 0.378 e. The maximum absolute atomic E-state index is 13.2. The summed E-state index contributed by atoms with van der Waals surface area (Å²) in [6, 6.07) is 14.9. The molecule has 0 saturated heterocycles. The minimum absolute atomic E-state index is 0.162. The molecule has 3 aliphatic rings. The Bertz CT molecular complexity index is 1860. The average Bonchev–Trinajstić information content (AvgIpc) is 3.53. The highest BCUT2D eigenvalue weighted by Gasteiger charge is 2.55. The Morgan fingerprint density at radius 2 is 1.49 bits per heavy atom. The quantitative estimate of drug-likeness (QED) is 0.332. The number of nitrogens with zero attached hydrogens (tertiary/aromatic N) is 2. The Morgan fingerprint density at radius 3 is 2.09 bits per heavy atom. The molecule has 8 nitrogen and oxygen atoms in total. The van der Waals surface area contributed by atoms with Crippen LogP contribution in [0.25, 0.3) is 43.6 Å². The molecule has 3 aromatic carbocycles. The molecule has 2 aliphatic heterocycles. The lowest BCUT2D eigenvalue weighted by Gasteiger charge is -2.31. The number of aliphatic hydroxyl groups is 1. The molecule has 2 aromatic heterocycles. The van der Waals surface area contributed by atoms with E-state index in [2.05, 4.69) is 19.8 Å². The number of amides is 3. The van der Waals surface area contributed by atoms with Gasteiger partial charge >= 0.3 is 0 Å². The van der Waals surface area contributed by atoms with Crippen LogP contribution in [0.3, 0.4) is 0 Å². The molecular formula is C27H20N4O4. The van der Waals surface area contributed by atoms with Crippen molar-refractivity contribution in [2.45, 2.75) is 30.5 Å². The summed E-state index contributed by atoms with van der Waals surface area (Å²) in [6.07, 6.45) is 0.797. The molecule has 1 saturated carbocycles. The van der Waals surface area contributed by atoms with E-state index in [9.17, 15) is 19.5 Å². The number of nitrogens with one attached hydrogen (secondary N) is 2. The van der Waals surface area contributed by atoms with E-state index < -0.39 is 23.5 Å². The normalized spacial score (nSPS) is 24.6. The smallest absolute Gasteiger partial charge is 0.259 e. The molecule has 3 amide bonds. The van der Waals surface area contributed by atoms with Gasteiger partial charge in [-0.3, -0.25) is 19.7 Å². The van der Waals surface area contributed by atoms with Crippen molar-refractivity contribution in [3.63, 3.8) is 0 Å². The molecule has 3 N–H and O–H groups in total. The molecule has 2 bridgehead atoms. The van der Waals surface area contributed by atoms with Gasteiger partial charge in [-0.2, -0.15) is 0 Å². The van der Waals surface area contributed by atoms with E-state index in [4.69, 9.17) is 0 Å². The number of carbonyl (C=O) groups excluding carboxylic acids is 3. The molecule has 0 spiro atoms. The third-order valence-corrected chi connectivity index (χ3v) is 8.37. The summed E-state index contributed by atoms with van der Waals surface area (Å²) in [7, 11) is 1.54. The maximum atomic E-state index is 13.2. The fourth-order valence-corrected chi connectivity index (χ4v) is 7.14. The summed E-state index contributed by atoms with van der Waals surface area (Å²) >= 11 is 0. The van der Waals surface area contributed by atoms with E-state index in [0.717, 1.165) is 38.2 Å². The van der Waals surface area contributed by atoms with Crippen molar-refractivity contribution >= 4 is 61.3 Å². The van der Waals surface area contributed by atoms with Gasteiger partial charge in [0.2, 0.25) is 0 Å². The lowest BCUT2D eigenvalue weighted by atomic mass is 9.94. The van der Waals surface area contributed by atoms with Crippen LogP contribution in [0.15, 0.2) is 48.5 Å². The summed E-state index contributed by atoms with van der Waals surface area (Å²) in [5.74, 6) is -1.22. The second-order valence-electron chi connectivity index (χ2n) is 9.87. The zero-order valence-electron chi connectivity index (χ0n) is 18.8. The first-order chi connectivity index (χ1) is 17.0. The first kappa shape index (κ1) is 19.2. The summed E-state index contributed by atoms with van der Waals surface area (Å²) in [5, 5.41) is 20.2. The fraction of sp³-hybridized carbons (Fsp3) is 0.222. The monoisotopic (exact) mass is 464 g/mol. The zero-order valence-corrected chi connectivity index (χ0v) is 18.8. The first-order valence-electron chi connectivity index (χ1n) is 11.8. The standard InChI is InChI=1S/C27H20N4O4/c1-28-26(34)27(35)11-12-10-17(27)31-16-9-5-3-7-14(16)19-21-20(24(32)29-25(21)33)18-13-6-2-4-8-15(13)30(12)22(18)23(19)31/h2-9,12,17,35H,10-11H2,1H3,(H,28,34)(H,29,32,33)/t12-,17+,27+/m0/s1. The second kappa shape index (κ2) is 5.90. The van der Waals surface area contributed by atoms with E-state index in [1.165, 1.54) is 0 Å². The van der Waals surface area contributed by atoms with Gasteiger partial charge < -0.3 is 19.6 Å². The van der Waals surface area contributed by atoms with Crippen molar-refractivity contribution in [2.24, 2.45) is 0 Å². The van der Waals surface area contributed by atoms with Gasteiger partial charge in [-0.1, -0.05) is 36.4 Å². The van der Waals surface area contributed by atoms with E-state index >= 15 is 0 Å². The first-order valence-corrected chi connectivity index (χ1v) is 11.8. The Labute approximate surface area is 198 Å². The van der Waals surface area contributed by atoms with E-state index in [0.29, 0.717) is 22.9 Å². The van der Waals surface area contributed by atoms with Crippen molar-refractivity contribution in [3.8, 4) is 0 Å². The highest BCUT2D eigenvalue weighted by molar-refractivity contribution is 6.39. The van der Waals surface area contributed by atoms with Crippen molar-refractivity contribution < 1.29 is 19.5 Å². The molecule has 0 unspecified atom stereocenters. The molecule has 4 heterocycles. The molecule has 3 atom stereocenters. The Balaban J connectivity index is 1.73. The Morgan fingerprint density at radius 1 is 0.943 bits per heavy atom. The van der Waals surface area contributed by atoms with Crippen molar-refractivity contribution in [1.82, 2.24) is 19.8 Å². The number of carbonyl (C=O) groups is 3. The van der Waals surface area contributed by atoms with Gasteiger partial charge in [0.15, 0.2) is 5.60 Å². The predicted molar refractivity (Wildman–Crippen MR) is 131 cm³/mol. The van der Waals surface area contributed by atoms with Gasteiger partial charge in [0.1, 0.15) is 0 Å². The van der Waals surface area contributed by atoms with Crippen molar-refractivity contribution in [3.05, 3.63) is 59.7 Å². The predicted octanol–water partition coefficient (Wildman–Crippen LogP) is 3.15. The second-order valence-corrected chi connectivity index (χ2v) is 9.87. The van der Waals surface area contributed by atoms with Crippen LogP contribution in [0, 0.1) is 0 Å². The van der Waals surface area contributed by atoms with E-state index in [1.807, 2.05) is 48.5 Å². The third kappa shape index (κ3) is 1.95. The van der Waals surface area contributed by atoms with Crippen LogP contribution in [-0.4, -0.2) is 44.6 Å². The number of imide groups is 1. The molecule has 35 heavy (non-hydrogen) atoms. The number of likely N-dealkylation sites (N-methyl/N-ethyl adjacent to an activating group) is 1. The lowest BCUT2D eigenvalue weighted by Crippen LogP contribution is -2.49. The molecule has 1 aliphatic carbocycles. The van der Waals surface area contributed by atoms with Crippen LogP contribution < -0.4 is 10.6 Å². The number of aromatic nitrogens is 2. The highest BCUT2D eigenvalue weighted by Crippen LogP contribution is 2.56. The van der Waals surface area contributed by atoms with Crippen molar-refractivity contribution in [1.29, 1.82) is 0 Å². The Kier molecular flexibility index (Phi) is 3.23. The zero-order chi connectivity index (χ0) is 23.8. The van der Waals surface area contributed by atoms with Crippen molar-refractivity contribution in [2.75, 3.05) is 7.05 Å². The number of benzene rings is 3. The van der Waals surface area contributed by atoms with Gasteiger partial charge in [-0.05, 0) is 18.6 Å². The minimum atomic E-state index is -1.62. The third-order valence-electron chi connectivity index (χ3n) is 8.37. The summed E-state index contributed by atoms with van der Waals surface area (Å²) in [4.78, 5) is 39.5. The van der Waals surface area contributed by atoms with Gasteiger partial charge in [-0.25, -0.2) is 0 Å². The molecular weight excluding hydrogens is 444 g/mol. The van der Waals surface area contributed by atoms with Crippen LogP contribution in [0.5, 0.6) is 0 Å². The highest BCUT2D eigenvalue weighted by atomic mass is 16.3. The van der Waals surface area contributed by atoms with Crippen LogP contribution >= 0.6 is 0 Å². The summed E-state index contributed by atoms with van der Waals surface area (Å²) in [5.41, 5.74) is 2.58. The number of fused-ring (bicyclic) bond motifs is 13. The number of hydrogen-bond donors (Lipinski definition) is 3. The molecule has 8 heteroatoms. The maximum Gasteiger partial charge on any atom is 0.259 e. The van der Waals surface area contributed by atoms with Gasteiger partial charge in [0.05, 0.1) is 28.2 Å². The minimum Gasteiger partial charge on any atom is -0.378 e. The average molecular weight is 464 g/mol. The van der Waals surface area contributed by atoms with Crippen LogP contribution in [0.1, 0.15) is 45.6 Å². The number of rotatable bonds is 1. The van der Waals surface area contributed by atoms with Crippen LogP contribution in [-0.2, 0) is 4.79 Å². The van der Waals surface area contributed by atoms with Gasteiger partial charge in [0.25, 0.3) is 17.7 Å². The van der Waals surface area contributed by atoms with E-state index in [-0.39, 0.29) is 18.4 Å². The summed E-state index contributed by atoms with van der Waals surface area (Å²) in [6.45, 7) is 0.